The van der Waals surface area contributed by atoms with Crippen LogP contribution in [0.1, 0.15) is 48.3 Å². The van der Waals surface area contributed by atoms with Crippen LogP contribution in [0.2, 0.25) is 0 Å². The van der Waals surface area contributed by atoms with Gasteiger partial charge in [-0.05, 0) is 38.0 Å². The first-order valence-electron chi connectivity index (χ1n) is 8.20. The Morgan fingerprint density at radius 2 is 1.83 bits per heavy atom. The average Bonchev–Trinajstić information content (AvgIpc) is 2.98. The van der Waals surface area contributed by atoms with Crippen LogP contribution < -0.4 is 5.32 Å². The van der Waals surface area contributed by atoms with Gasteiger partial charge in [0.2, 0.25) is 0 Å². The zero-order chi connectivity index (χ0) is 17.2. The molecule has 0 unspecified atom stereocenters. The fourth-order valence-corrected chi connectivity index (χ4v) is 3.25. The number of hydrogen-bond acceptors (Lipinski definition) is 3. The average molecular weight is 327 g/mol. The molecule has 1 amide bonds. The number of benzene rings is 1. The summed E-state index contributed by atoms with van der Waals surface area (Å²) >= 11 is 0. The molecule has 6 nitrogen and oxygen atoms in total. The molecule has 1 aliphatic rings. The standard InChI is InChI=1S/C18H21N3O3/c1-13-12-15(20-21(13)14-8-4-2-5-9-14)16(22)19-18(17(23)24)10-6-3-7-11-18/h2,4-5,8-9,12H,3,6-7,10-11H2,1H3,(H,19,22)(H,23,24). The van der Waals surface area contributed by atoms with Crippen molar-refractivity contribution in [1.82, 2.24) is 15.1 Å². The van der Waals surface area contributed by atoms with Crippen LogP contribution in [0.25, 0.3) is 5.69 Å². The number of para-hydroxylation sites is 1. The number of amides is 1. The third-order valence-corrected chi connectivity index (χ3v) is 4.59. The summed E-state index contributed by atoms with van der Waals surface area (Å²) in [6, 6.07) is 11.2. The van der Waals surface area contributed by atoms with Crippen LogP contribution in [0.5, 0.6) is 0 Å². The quantitative estimate of drug-likeness (QED) is 0.904. The van der Waals surface area contributed by atoms with Crippen molar-refractivity contribution < 1.29 is 14.7 Å². The third-order valence-electron chi connectivity index (χ3n) is 4.59. The Morgan fingerprint density at radius 3 is 2.46 bits per heavy atom. The fraction of sp³-hybridized carbons (Fsp3) is 0.389. The number of rotatable bonds is 4. The number of aromatic nitrogens is 2. The van der Waals surface area contributed by atoms with Crippen LogP contribution in [0, 0.1) is 6.92 Å². The van der Waals surface area contributed by atoms with Crippen LogP contribution >= 0.6 is 0 Å². The largest absolute Gasteiger partial charge is 0.480 e. The second-order valence-corrected chi connectivity index (χ2v) is 6.32. The molecule has 3 rings (SSSR count). The molecule has 0 bridgehead atoms. The van der Waals surface area contributed by atoms with Gasteiger partial charge >= 0.3 is 5.97 Å². The maximum absolute atomic E-state index is 12.6. The minimum absolute atomic E-state index is 0.238. The zero-order valence-corrected chi connectivity index (χ0v) is 13.7. The Labute approximate surface area is 140 Å². The maximum Gasteiger partial charge on any atom is 0.329 e. The van der Waals surface area contributed by atoms with Gasteiger partial charge in [0, 0.05) is 5.69 Å². The first-order valence-corrected chi connectivity index (χ1v) is 8.20. The zero-order valence-electron chi connectivity index (χ0n) is 13.7. The van der Waals surface area contributed by atoms with Crippen LogP contribution in [0.15, 0.2) is 36.4 Å². The molecule has 0 atom stereocenters. The molecule has 24 heavy (non-hydrogen) atoms. The van der Waals surface area contributed by atoms with Gasteiger partial charge in [-0.15, -0.1) is 0 Å². The molecule has 1 heterocycles. The number of carboxylic acid groups (broad SMARTS) is 1. The molecule has 0 radical (unpaired) electrons. The molecule has 1 saturated carbocycles. The molecular formula is C18H21N3O3. The number of carboxylic acids is 1. The van der Waals surface area contributed by atoms with E-state index >= 15 is 0 Å². The second-order valence-electron chi connectivity index (χ2n) is 6.32. The van der Waals surface area contributed by atoms with Crippen molar-refractivity contribution in [3.05, 3.63) is 47.8 Å². The highest BCUT2D eigenvalue weighted by Crippen LogP contribution is 2.29. The summed E-state index contributed by atoms with van der Waals surface area (Å²) in [4.78, 5) is 24.3. The van der Waals surface area contributed by atoms with Crippen LogP contribution in [-0.4, -0.2) is 32.3 Å². The molecule has 0 spiro atoms. The normalized spacial score (nSPS) is 16.5. The molecule has 1 aromatic heterocycles. The predicted molar refractivity (Wildman–Crippen MR) is 89.2 cm³/mol. The minimum Gasteiger partial charge on any atom is -0.480 e. The molecule has 1 aliphatic carbocycles. The lowest BCUT2D eigenvalue weighted by molar-refractivity contribution is -0.145. The molecule has 2 aromatic rings. The SMILES string of the molecule is Cc1cc(C(=O)NC2(C(=O)O)CCCCC2)nn1-c1ccccc1. The number of hydrogen-bond donors (Lipinski definition) is 2. The summed E-state index contributed by atoms with van der Waals surface area (Å²) in [5.74, 6) is -1.40. The van der Waals surface area contributed by atoms with Gasteiger partial charge in [0.1, 0.15) is 5.54 Å². The molecule has 0 aliphatic heterocycles. The van der Waals surface area contributed by atoms with Gasteiger partial charge in [-0.2, -0.15) is 5.10 Å². The highest BCUT2D eigenvalue weighted by Gasteiger charge is 2.41. The van der Waals surface area contributed by atoms with E-state index in [0.29, 0.717) is 12.8 Å². The lowest BCUT2D eigenvalue weighted by Gasteiger charge is -2.33. The minimum atomic E-state index is -1.17. The van der Waals surface area contributed by atoms with Crippen molar-refractivity contribution >= 4 is 11.9 Å². The number of nitrogens with zero attached hydrogens (tertiary/aromatic N) is 2. The molecule has 0 saturated heterocycles. The third kappa shape index (κ3) is 3.04. The van der Waals surface area contributed by atoms with E-state index in [9.17, 15) is 14.7 Å². The Hall–Kier alpha value is -2.63. The Bertz CT molecular complexity index is 746. The number of aliphatic carboxylic acids is 1. The molecule has 2 N–H and O–H groups in total. The summed E-state index contributed by atoms with van der Waals surface area (Å²) in [5, 5.41) is 16.7. The van der Waals surface area contributed by atoms with Crippen molar-refractivity contribution in [2.24, 2.45) is 0 Å². The first-order chi connectivity index (χ1) is 11.5. The smallest absolute Gasteiger partial charge is 0.329 e. The van der Waals surface area contributed by atoms with Crippen molar-refractivity contribution in [2.45, 2.75) is 44.6 Å². The topological polar surface area (TPSA) is 84.2 Å². The van der Waals surface area contributed by atoms with Crippen molar-refractivity contribution in [2.75, 3.05) is 0 Å². The number of carbonyl (C=O) groups is 2. The lowest BCUT2D eigenvalue weighted by atomic mass is 9.81. The Balaban J connectivity index is 1.84. The lowest BCUT2D eigenvalue weighted by Crippen LogP contribution is -2.55. The molecule has 6 heteroatoms. The number of aryl methyl sites for hydroxylation is 1. The van der Waals surface area contributed by atoms with E-state index < -0.39 is 17.4 Å². The van der Waals surface area contributed by atoms with Crippen molar-refractivity contribution in [3.63, 3.8) is 0 Å². The molecule has 1 fully saturated rings. The van der Waals surface area contributed by atoms with Crippen molar-refractivity contribution in [1.29, 1.82) is 0 Å². The van der Waals surface area contributed by atoms with Crippen LogP contribution in [0.3, 0.4) is 0 Å². The summed E-state index contributed by atoms with van der Waals surface area (Å²) in [7, 11) is 0. The highest BCUT2D eigenvalue weighted by molar-refractivity contribution is 5.96. The molecule has 126 valence electrons. The van der Waals surface area contributed by atoms with Gasteiger partial charge in [0.25, 0.3) is 5.91 Å². The fourth-order valence-electron chi connectivity index (χ4n) is 3.25. The molecule has 1 aromatic carbocycles. The summed E-state index contributed by atoms with van der Waals surface area (Å²) in [5.41, 5.74) is 0.751. The predicted octanol–water partition coefficient (Wildman–Crippen LogP) is 2.70. The summed E-state index contributed by atoms with van der Waals surface area (Å²) < 4.78 is 1.68. The maximum atomic E-state index is 12.6. The Morgan fingerprint density at radius 1 is 1.17 bits per heavy atom. The van der Waals surface area contributed by atoms with E-state index in [-0.39, 0.29) is 5.69 Å². The van der Waals surface area contributed by atoms with E-state index in [4.69, 9.17) is 0 Å². The van der Waals surface area contributed by atoms with E-state index in [1.165, 1.54) is 0 Å². The summed E-state index contributed by atoms with van der Waals surface area (Å²) in [6.45, 7) is 1.87. The highest BCUT2D eigenvalue weighted by atomic mass is 16.4. The molecular weight excluding hydrogens is 306 g/mol. The van der Waals surface area contributed by atoms with Gasteiger partial charge in [0.05, 0.1) is 5.69 Å². The van der Waals surface area contributed by atoms with Gasteiger partial charge < -0.3 is 10.4 Å². The van der Waals surface area contributed by atoms with Gasteiger partial charge in [-0.3, -0.25) is 4.79 Å². The van der Waals surface area contributed by atoms with Crippen LogP contribution in [-0.2, 0) is 4.79 Å². The monoisotopic (exact) mass is 327 g/mol. The van der Waals surface area contributed by atoms with Gasteiger partial charge in [0.15, 0.2) is 5.69 Å². The van der Waals surface area contributed by atoms with E-state index in [0.717, 1.165) is 30.6 Å². The summed E-state index contributed by atoms with van der Waals surface area (Å²) in [6.07, 6.45) is 3.56. The van der Waals surface area contributed by atoms with Crippen LogP contribution in [0.4, 0.5) is 0 Å². The number of nitrogens with one attached hydrogen (secondary N) is 1. The second kappa shape index (κ2) is 6.47. The first kappa shape index (κ1) is 16.2. The van der Waals surface area contributed by atoms with Crippen molar-refractivity contribution in [3.8, 4) is 5.69 Å². The Kier molecular flexibility index (Phi) is 4.38. The van der Waals surface area contributed by atoms with Gasteiger partial charge in [-0.1, -0.05) is 37.5 Å². The van der Waals surface area contributed by atoms with Gasteiger partial charge in [-0.25, -0.2) is 9.48 Å². The van der Waals surface area contributed by atoms with E-state index in [1.807, 2.05) is 37.3 Å². The van der Waals surface area contributed by atoms with E-state index in [1.54, 1.807) is 10.7 Å². The van der Waals surface area contributed by atoms with E-state index in [2.05, 4.69) is 10.4 Å². The number of carbonyl (C=O) groups excluding carboxylic acids is 1.